The average molecular weight is 345 g/mol. The van der Waals surface area contributed by atoms with Crippen molar-refractivity contribution in [3.8, 4) is 5.75 Å². The minimum absolute atomic E-state index is 0.163. The number of primary amides is 1. The van der Waals surface area contributed by atoms with E-state index < -0.39 is 5.63 Å². The molecule has 3 rings (SSSR count). The third-order valence-electron chi connectivity index (χ3n) is 4.07. The molecule has 1 aromatic carbocycles. The number of nitrogens with two attached hydrogens (primary N) is 1. The number of hydrogen-bond acceptors (Lipinski definition) is 6. The number of hydrogen-bond donors (Lipinski definition) is 1. The van der Waals surface area contributed by atoms with Gasteiger partial charge >= 0.3 is 5.63 Å². The Morgan fingerprint density at radius 2 is 1.88 bits per heavy atom. The largest absolute Gasteiger partial charge is 0.483 e. The summed E-state index contributed by atoms with van der Waals surface area (Å²) in [5.74, 6) is -0.221. The highest BCUT2D eigenvalue weighted by molar-refractivity contribution is 5.84. The Labute approximate surface area is 143 Å². The topological polar surface area (TPSA) is 106 Å². The number of carbonyl (C=O) groups is 2. The van der Waals surface area contributed by atoms with Crippen molar-refractivity contribution >= 4 is 22.8 Å². The van der Waals surface area contributed by atoms with Crippen molar-refractivity contribution in [1.82, 2.24) is 9.80 Å². The second-order valence-corrected chi connectivity index (χ2v) is 5.84. The van der Waals surface area contributed by atoms with Crippen LogP contribution in [0.5, 0.6) is 5.75 Å². The van der Waals surface area contributed by atoms with Crippen LogP contribution in [0.1, 0.15) is 0 Å². The molecule has 132 valence electrons. The molecule has 2 aromatic rings. The summed E-state index contributed by atoms with van der Waals surface area (Å²) < 4.78 is 10.7. The van der Waals surface area contributed by atoms with Gasteiger partial charge in [-0.05, 0) is 12.1 Å². The summed E-state index contributed by atoms with van der Waals surface area (Å²) in [4.78, 5) is 38.4. The van der Waals surface area contributed by atoms with Crippen LogP contribution in [0, 0.1) is 0 Å². The number of fused-ring (bicyclic) bond motifs is 1. The Kier molecular flexibility index (Phi) is 4.99. The summed E-state index contributed by atoms with van der Waals surface area (Å²) in [6, 6.07) is 8.23. The highest BCUT2D eigenvalue weighted by Crippen LogP contribution is 2.23. The van der Waals surface area contributed by atoms with Gasteiger partial charge in [-0.2, -0.15) is 0 Å². The molecule has 1 fully saturated rings. The molecular formula is C17H19N3O5. The predicted molar refractivity (Wildman–Crippen MR) is 90.2 cm³/mol. The van der Waals surface area contributed by atoms with Crippen LogP contribution in [-0.4, -0.2) is 60.9 Å². The smallest absolute Gasteiger partial charge is 0.339 e. The predicted octanol–water partition coefficient (Wildman–Crippen LogP) is -0.199. The molecule has 2 N–H and O–H groups in total. The summed E-state index contributed by atoms with van der Waals surface area (Å²) in [6.45, 7) is 2.23. The molecule has 1 aliphatic rings. The summed E-state index contributed by atoms with van der Waals surface area (Å²) in [6.07, 6.45) is 0. The second-order valence-electron chi connectivity index (χ2n) is 5.84. The first kappa shape index (κ1) is 17.0. The molecule has 0 spiro atoms. The third-order valence-corrected chi connectivity index (χ3v) is 4.07. The van der Waals surface area contributed by atoms with Gasteiger partial charge in [0.25, 0.3) is 5.91 Å². The number of benzene rings is 1. The average Bonchev–Trinajstić information content (AvgIpc) is 2.59. The van der Waals surface area contributed by atoms with Gasteiger partial charge < -0.3 is 19.8 Å². The molecule has 0 radical (unpaired) electrons. The van der Waals surface area contributed by atoms with E-state index in [0.29, 0.717) is 42.9 Å². The number of carbonyl (C=O) groups excluding carboxylic acids is 2. The van der Waals surface area contributed by atoms with Crippen molar-refractivity contribution in [3.63, 3.8) is 0 Å². The van der Waals surface area contributed by atoms with Crippen LogP contribution >= 0.6 is 0 Å². The highest BCUT2D eigenvalue weighted by atomic mass is 16.5. The summed E-state index contributed by atoms with van der Waals surface area (Å²) in [5, 5.41) is 0.640. The first-order valence-corrected chi connectivity index (χ1v) is 7.97. The van der Waals surface area contributed by atoms with Crippen LogP contribution in [0.4, 0.5) is 0 Å². The van der Waals surface area contributed by atoms with Gasteiger partial charge in [0.15, 0.2) is 6.61 Å². The van der Waals surface area contributed by atoms with Gasteiger partial charge in [0.2, 0.25) is 5.91 Å². The van der Waals surface area contributed by atoms with Crippen LogP contribution < -0.4 is 16.1 Å². The molecule has 8 nitrogen and oxygen atoms in total. The second kappa shape index (κ2) is 7.35. The monoisotopic (exact) mass is 345 g/mol. The van der Waals surface area contributed by atoms with Crippen molar-refractivity contribution < 1.29 is 18.7 Å². The van der Waals surface area contributed by atoms with Gasteiger partial charge in [-0.15, -0.1) is 0 Å². The molecule has 1 aliphatic heterocycles. The molecule has 25 heavy (non-hydrogen) atoms. The zero-order chi connectivity index (χ0) is 17.8. The third kappa shape index (κ3) is 4.16. The fraction of sp³-hybridized carbons (Fsp3) is 0.353. The Morgan fingerprint density at radius 3 is 2.60 bits per heavy atom. The Morgan fingerprint density at radius 1 is 1.16 bits per heavy atom. The van der Waals surface area contributed by atoms with E-state index in [1.54, 1.807) is 29.2 Å². The molecule has 1 saturated heterocycles. The number of amides is 2. The molecule has 0 bridgehead atoms. The molecule has 0 atom stereocenters. The quantitative estimate of drug-likeness (QED) is 0.753. The van der Waals surface area contributed by atoms with E-state index in [0.717, 1.165) is 0 Å². The van der Waals surface area contributed by atoms with Crippen molar-refractivity contribution in [2.75, 3.05) is 39.3 Å². The van der Waals surface area contributed by atoms with E-state index >= 15 is 0 Å². The van der Waals surface area contributed by atoms with Crippen LogP contribution in [0.25, 0.3) is 11.0 Å². The number of para-hydroxylation sites is 1. The first-order valence-electron chi connectivity index (χ1n) is 7.97. The lowest BCUT2D eigenvalue weighted by molar-refractivity contribution is -0.135. The minimum Gasteiger partial charge on any atom is -0.483 e. The van der Waals surface area contributed by atoms with Gasteiger partial charge in [0.1, 0.15) is 11.3 Å². The standard InChI is InChI=1S/C17H19N3O5/c18-15(21)10-19-5-7-20(8-6-19)16(22)11-24-14-9-17(23)25-13-4-2-1-3-12(13)14/h1-4,9H,5-8,10-11H2,(H2,18,21). The number of piperazine rings is 1. The zero-order valence-corrected chi connectivity index (χ0v) is 13.6. The van der Waals surface area contributed by atoms with Crippen molar-refractivity contribution in [2.45, 2.75) is 0 Å². The fourth-order valence-corrected chi connectivity index (χ4v) is 2.81. The SMILES string of the molecule is NC(=O)CN1CCN(C(=O)COc2cc(=O)oc3ccccc23)CC1. The van der Waals surface area contributed by atoms with Crippen molar-refractivity contribution in [1.29, 1.82) is 0 Å². The summed E-state index contributed by atoms with van der Waals surface area (Å²) in [5.41, 5.74) is 5.06. The van der Waals surface area contributed by atoms with E-state index in [2.05, 4.69) is 0 Å². The van der Waals surface area contributed by atoms with Gasteiger partial charge in [-0.1, -0.05) is 12.1 Å². The molecule has 8 heteroatoms. The van der Waals surface area contributed by atoms with Gasteiger partial charge in [0, 0.05) is 26.2 Å². The normalized spacial score (nSPS) is 15.3. The molecule has 0 unspecified atom stereocenters. The Hall–Kier alpha value is -2.87. The Bertz CT molecular complexity index is 840. The van der Waals surface area contributed by atoms with Crippen LogP contribution in [0.15, 0.2) is 39.5 Å². The highest BCUT2D eigenvalue weighted by Gasteiger charge is 2.22. The summed E-state index contributed by atoms with van der Waals surface area (Å²) in [7, 11) is 0. The fourth-order valence-electron chi connectivity index (χ4n) is 2.81. The van der Waals surface area contributed by atoms with E-state index in [9.17, 15) is 14.4 Å². The number of ether oxygens (including phenoxy) is 1. The maximum Gasteiger partial charge on any atom is 0.339 e. The zero-order valence-electron chi connectivity index (χ0n) is 13.6. The molecule has 1 aromatic heterocycles. The maximum absolute atomic E-state index is 12.3. The van der Waals surface area contributed by atoms with E-state index in [1.807, 2.05) is 4.90 Å². The van der Waals surface area contributed by atoms with Gasteiger partial charge in [0.05, 0.1) is 18.0 Å². The van der Waals surface area contributed by atoms with Gasteiger partial charge in [-0.25, -0.2) is 4.79 Å². The van der Waals surface area contributed by atoms with Gasteiger partial charge in [-0.3, -0.25) is 14.5 Å². The first-order chi connectivity index (χ1) is 12.0. The van der Waals surface area contributed by atoms with Crippen LogP contribution in [-0.2, 0) is 9.59 Å². The molecule has 2 heterocycles. The lowest BCUT2D eigenvalue weighted by Gasteiger charge is -2.33. The Balaban J connectivity index is 1.60. The van der Waals surface area contributed by atoms with Crippen LogP contribution in [0.3, 0.4) is 0 Å². The molecule has 2 amide bonds. The summed E-state index contributed by atoms with van der Waals surface area (Å²) >= 11 is 0. The van der Waals surface area contributed by atoms with E-state index in [-0.39, 0.29) is 25.0 Å². The minimum atomic E-state index is -0.527. The van der Waals surface area contributed by atoms with E-state index in [4.69, 9.17) is 14.9 Å². The van der Waals surface area contributed by atoms with Crippen LogP contribution in [0.2, 0.25) is 0 Å². The van der Waals surface area contributed by atoms with E-state index in [1.165, 1.54) is 6.07 Å². The molecule has 0 aliphatic carbocycles. The lowest BCUT2D eigenvalue weighted by atomic mass is 10.2. The van der Waals surface area contributed by atoms with Crippen molar-refractivity contribution in [2.24, 2.45) is 5.73 Å². The number of nitrogens with zero attached hydrogens (tertiary/aromatic N) is 2. The number of rotatable bonds is 5. The molecule has 0 saturated carbocycles. The molecular weight excluding hydrogens is 326 g/mol. The maximum atomic E-state index is 12.3. The van der Waals surface area contributed by atoms with Crippen molar-refractivity contribution in [3.05, 3.63) is 40.8 Å². The lowest BCUT2D eigenvalue weighted by Crippen LogP contribution is -2.51.